The maximum atomic E-state index is 12.0. The molecule has 0 bridgehead atoms. The molecular formula is C13H15F3N2O4. The van der Waals surface area contributed by atoms with Crippen molar-refractivity contribution in [2.24, 2.45) is 0 Å². The Kier molecular flexibility index (Phi) is 6.14. The third kappa shape index (κ3) is 5.58. The predicted molar refractivity (Wildman–Crippen MR) is 69.3 cm³/mol. The minimum atomic E-state index is -4.54. The quantitative estimate of drug-likeness (QED) is 0.807. The highest BCUT2D eigenvalue weighted by Gasteiger charge is 2.30. The Balaban J connectivity index is 2.66. The third-order valence-corrected chi connectivity index (χ3v) is 2.39. The molecule has 122 valence electrons. The maximum Gasteiger partial charge on any atom is 0.405 e. The highest BCUT2D eigenvalue weighted by Crippen LogP contribution is 2.16. The molecule has 22 heavy (non-hydrogen) atoms. The Morgan fingerprint density at radius 3 is 2.68 bits per heavy atom. The van der Waals surface area contributed by atoms with Crippen LogP contribution in [0.1, 0.15) is 24.2 Å². The topological polar surface area (TPSA) is 77.5 Å². The molecule has 0 radical (unpaired) electrons. The van der Waals surface area contributed by atoms with Crippen LogP contribution >= 0.6 is 0 Å². The molecule has 1 aromatic heterocycles. The van der Waals surface area contributed by atoms with Crippen LogP contribution in [-0.4, -0.2) is 42.3 Å². The van der Waals surface area contributed by atoms with Crippen molar-refractivity contribution in [1.29, 1.82) is 0 Å². The van der Waals surface area contributed by atoms with Gasteiger partial charge in [0.15, 0.2) is 6.10 Å². The van der Waals surface area contributed by atoms with Crippen LogP contribution in [0, 0.1) is 0 Å². The molecule has 0 spiro atoms. The number of alkyl halides is 3. The Morgan fingerprint density at radius 1 is 1.41 bits per heavy atom. The van der Waals surface area contributed by atoms with Gasteiger partial charge in [0.1, 0.15) is 12.1 Å². The smallest absolute Gasteiger partial charge is 0.405 e. The van der Waals surface area contributed by atoms with E-state index in [9.17, 15) is 22.8 Å². The molecule has 1 heterocycles. The molecule has 0 aromatic carbocycles. The summed E-state index contributed by atoms with van der Waals surface area (Å²) in [6.45, 7) is 1.63. The molecule has 9 heteroatoms. The zero-order valence-electron chi connectivity index (χ0n) is 11.9. The van der Waals surface area contributed by atoms with E-state index in [4.69, 9.17) is 9.47 Å². The van der Waals surface area contributed by atoms with E-state index >= 15 is 0 Å². The summed E-state index contributed by atoms with van der Waals surface area (Å²) in [4.78, 5) is 27.2. The number of nitrogens with zero attached hydrogens (tertiary/aromatic N) is 1. The van der Waals surface area contributed by atoms with Gasteiger partial charge < -0.3 is 14.8 Å². The fourth-order valence-electron chi connectivity index (χ4n) is 1.41. The van der Waals surface area contributed by atoms with Gasteiger partial charge in [-0.3, -0.25) is 4.79 Å². The fourth-order valence-corrected chi connectivity index (χ4v) is 1.41. The number of pyridine rings is 1. The lowest BCUT2D eigenvalue weighted by Gasteiger charge is -2.15. The van der Waals surface area contributed by atoms with E-state index in [1.807, 2.05) is 0 Å². The van der Waals surface area contributed by atoms with Crippen LogP contribution < -0.4 is 10.1 Å². The van der Waals surface area contributed by atoms with E-state index in [-0.39, 0.29) is 18.1 Å². The lowest BCUT2D eigenvalue weighted by Crippen LogP contribution is -2.40. The molecule has 0 aliphatic rings. The van der Waals surface area contributed by atoms with Gasteiger partial charge in [-0.25, -0.2) is 9.78 Å². The van der Waals surface area contributed by atoms with Crippen LogP contribution in [0.2, 0.25) is 0 Å². The first kappa shape index (κ1) is 17.7. The minimum Gasteiger partial charge on any atom is -0.477 e. The van der Waals surface area contributed by atoms with Crippen molar-refractivity contribution in [3.63, 3.8) is 0 Å². The molecule has 0 aliphatic heterocycles. The Bertz CT molecular complexity index is 534. The summed E-state index contributed by atoms with van der Waals surface area (Å²) in [7, 11) is 0. The van der Waals surface area contributed by atoms with E-state index < -0.39 is 30.7 Å². The second-order valence-electron chi connectivity index (χ2n) is 4.17. The minimum absolute atomic E-state index is 0.0141. The first-order chi connectivity index (χ1) is 10.2. The number of amides is 1. The van der Waals surface area contributed by atoms with Crippen molar-refractivity contribution in [3.05, 3.63) is 23.9 Å². The van der Waals surface area contributed by atoms with Crippen LogP contribution in [0.15, 0.2) is 18.3 Å². The number of hydrogen-bond donors (Lipinski definition) is 1. The van der Waals surface area contributed by atoms with E-state index in [1.165, 1.54) is 25.3 Å². The lowest BCUT2D eigenvalue weighted by atomic mass is 10.2. The molecule has 6 nitrogen and oxygen atoms in total. The summed E-state index contributed by atoms with van der Waals surface area (Å²) in [5.41, 5.74) is -0.0141. The number of halogens is 3. The SMILES string of the molecule is CCOc1ncccc1C(=O)OC(C)C(=O)NCC(F)(F)F. The van der Waals surface area contributed by atoms with Gasteiger partial charge in [-0.1, -0.05) is 0 Å². The number of aromatic nitrogens is 1. The standard InChI is InChI=1S/C13H15F3N2O4/c1-3-21-11-9(5-4-6-17-11)12(20)22-8(2)10(19)18-7-13(14,15)16/h4-6,8H,3,7H2,1-2H3,(H,18,19). The molecule has 1 amide bonds. The summed E-state index contributed by atoms with van der Waals surface area (Å²) in [6.07, 6.45) is -4.52. The molecule has 1 aromatic rings. The van der Waals surface area contributed by atoms with Gasteiger partial charge in [0.05, 0.1) is 6.61 Å². The van der Waals surface area contributed by atoms with Crippen LogP contribution in [0.25, 0.3) is 0 Å². The van der Waals surface area contributed by atoms with Gasteiger partial charge in [-0.05, 0) is 26.0 Å². The van der Waals surface area contributed by atoms with Crippen LogP contribution in [-0.2, 0) is 9.53 Å². The molecule has 1 unspecified atom stereocenters. The van der Waals surface area contributed by atoms with Gasteiger partial charge in [0, 0.05) is 6.20 Å². The van der Waals surface area contributed by atoms with Crippen LogP contribution in [0.5, 0.6) is 5.88 Å². The van der Waals surface area contributed by atoms with Gasteiger partial charge in [-0.15, -0.1) is 0 Å². The van der Waals surface area contributed by atoms with Crippen molar-refractivity contribution in [1.82, 2.24) is 10.3 Å². The van der Waals surface area contributed by atoms with Crippen molar-refractivity contribution in [2.75, 3.05) is 13.2 Å². The summed E-state index contributed by atoms with van der Waals surface area (Å²) in [5.74, 6) is -1.93. The number of rotatable bonds is 6. The Morgan fingerprint density at radius 2 is 2.09 bits per heavy atom. The van der Waals surface area contributed by atoms with E-state index in [0.29, 0.717) is 0 Å². The Labute approximate surface area is 124 Å². The van der Waals surface area contributed by atoms with Crippen molar-refractivity contribution in [3.8, 4) is 5.88 Å². The number of esters is 1. The van der Waals surface area contributed by atoms with Crippen molar-refractivity contribution < 1.29 is 32.2 Å². The zero-order chi connectivity index (χ0) is 16.8. The first-order valence-electron chi connectivity index (χ1n) is 6.38. The number of nitrogens with one attached hydrogen (secondary N) is 1. The van der Waals surface area contributed by atoms with Gasteiger partial charge in [0.25, 0.3) is 5.91 Å². The van der Waals surface area contributed by atoms with Crippen LogP contribution in [0.3, 0.4) is 0 Å². The fraction of sp³-hybridized carbons (Fsp3) is 0.462. The predicted octanol–water partition coefficient (Wildman–Crippen LogP) is 1.70. The second-order valence-corrected chi connectivity index (χ2v) is 4.17. The molecule has 0 saturated heterocycles. The monoisotopic (exact) mass is 320 g/mol. The van der Waals surface area contributed by atoms with Gasteiger partial charge in [-0.2, -0.15) is 13.2 Å². The second kappa shape index (κ2) is 7.62. The first-order valence-corrected chi connectivity index (χ1v) is 6.38. The molecule has 1 N–H and O–H groups in total. The number of hydrogen-bond acceptors (Lipinski definition) is 5. The summed E-state index contributed by atoms with van der Waals surface area (Å²) in [6, 6.07) is 2.84. The summed E-state index contributed by atoms with van der Waals surface area (Å²) >= 11 is 0. The molecule has 0 fully saturated rings. The number of carbonyl (C=O) groups excluding carboxylic acids is 2. The molecule has 0 aliphatic carbocycles. The number of ether oxygens (including phenoxy) is 2. The molecule has 0 saturated carbocycles. The number of carbonyl (C=O) groups is 2. The van der Waals surface area contributed by atoms with Gasteiger partial charge in [0.2, 0.25) is 5.88 Å². The molecule has 1 rings (SSSR count). The Hall–Kier alpha value is -2.32. The maximum absolute atomic E-state index is 12.0. The summed E-state index contributed by atoms with van der Waals surface area (Å²) < 4.78 is 45.9. The summed E-state index contributed by atoms with van der Waals surface area (Å²) in [5, 5.41) is 1.63. The largest absolute Gasteiger partial charge is 0.477 e. The van der Waals surface area contributed by atoms with E-state index in [1.54, 1.807) is 12.2 Å². The normalized spacial score (nSPS) is 12.4. The average Bonchev–Trinajstić information content (AvgIpc) is 2.44. The zero-order valence-corrected chi connectivity index (χ0v) is 11.9. The van der Waals surface area contributed by atoms with Crippen LogP contribution in [0.4, 0.5) is 13.2 Å². The van der Waals surface area contributed by atoms with Crippen molar-refractivity contribution in [2.45, 2.75) is 26.1 Å². The van der Waals surface area contributed by atoms with E-state index in [2.05, 4.69) is 4.98 Å². The van der Waals surface area contributed by atoms with Crippen molar-refractivity contribution >= 4 is 11.9 Å². The average molecular weight is 320 g/mol. The van der Waals surface area contributed by atoms with Gasteiger partial charge >= 0.3 is 12.1 Å². The highest BCUT2D eigenvalue weighted by molar-refractivity contribution is 5.94. The third-order valence-electron chi connectivity index (χ3n) is 2.39. The molecular weight excluding hydrogens is 305 g/mol. The molecule has 1 atom stereocenters. The lowest BCUT2D eigenvalue weighted by molar-refractivity contribution is -0.143. The highest BCUT2D eigenvalue weighted by atomic mass is 19.4. The van der Waals surface area contributed by atoms with E-state index in [0.717, 1.165) is 0 Å².